The van der Waals surface area contributed by atoms with Gasteiger partial charge in [0, 0.05) is 12.2 Å². The number of aliphatic carboxylic acids is 1. The summed E-state index contributed by atoms with van der Waals surface area (Å²) in [6.45, 7) is 0.0379. The first-order chi connectivity index (χ1) is 8.79. The van der Waals surface area contributed by atoms with E-state index in [4.69, 9.17) is 5.11 Å². The lowest BCUT2D eigenvalue weighted by molar-refractivity contribution is -0.161. The molecule has 1 aliphatic rings. The van der Waals surface area contributed by atoms with Gasteiger partial charge in [-0.2, -0.15) is 13.2 Å². The highest BCUT2D eigenvalue weighted by atomic mass is 19.4. The minimum Gasteiger partial charge on any atom is -0.481 e. The predicted octanol–water partition coefficient (Wildman–Crippen LogP) is 2.59. The second-order valence-electron chi connectivity index (χ2n) is 4.37. The normalized spacial score (nSPS) is 16.3. The molecule has 0 amide bonds. The van der Waals surface area contributed by atoms with E-state index in [-0.39, 0.29) is 12.2 Å². The van der Waals surface area contributed by atoms with Crippen LogP contribution in [-0.2, 0) is 11.2 Å². The fourth-order valence-corrected chi connectivity index (χ4v) is 2.27. The smallest absolute Gasteiger partial charge is 0.409 e. The molecule has 1 N–H and O–H groups in total. The maximum atomic E-state index is 13.1. The van der Waals surface area contributed by atoms with Gasteiger partial charge in [-0.25, -0.2) is 4.39 Å². The van der Waals surface area contributed by atoms with Gasteiger partial charge in [0.05, 0.1) is 6.42 Å². The Bertz CT molecular complexity index is 501. The standard InChI is InChI=1S/C12H11F4NO2/c13-8-2-1-7-3-4-17(9(7)5-8)10(6-11(18)19)12(14,15)16/h1-2,5,10H,3-4,6H2,(H,18,19). The molecule has 0 saturated carbocycles. The molecule has 1 aromatic carbocycles. The summed E-state index contributed by atoms with van der Waals surface area (Å²) >= 11 is 0. The first kappa shape index (κ1) is 13.6. The zero-order valence-corrected chi connectivity index (χ0v) is 9.75. The Hall–Kier alpha value is -1.79. The van der Waals surface area contributed by atoms with Crippen LogP contribution in [0.2, 0.25) is 0 Å². The summed E-state index contributed by atoms with van der Waals surface area (Å²) in [5.74, 6) is -2.17. The van der Waals surface area contributed by atoms with Crippen LogP contribution in [0.15, 0.2) is 18.2 Å². The Morgan fingerprint density at radius 1 is 1.42 bits per heavy atom. The molecule has 0 fully saturated rings. The Morgan fingerprint density at radius 3 is 2.68 bits per heavy atom. The molecule has 19 heavy (non-hydrogen) atoms. The molecule has 2 rings (SSSR count). The average molecular weight is 277 g/mol. The van der Waals surface area contributed by atoms with E-state index in [1.54, 1.807) is 0 Å². The first-order valence-corrected chi connectivity index (χ1v) is 5.62. The molecule has 3 nitrogen and oxygen atoms in total. The molecule has 1 unspecified atom stereocenters. The summed E-state index contributed by atoms with van der Waals surface area (Å²) in [5.41, 5.74) is 0.726. The zero-order chi connectivity index (χ0) is 14.2. The fraction of sp³-hybridized carbons (Fsp3) is 0.417. The van der Waals surface area contributed by atoms with Crippen molar-refractivity contribution in [2.45, 2.75) is 25.1 Å². The van der Waals surface area contributed by atoms with Gasteiger partial charge in [0.1, 0.15) is 11.9 Å². The predicted molar refractivity (Wildman–Crippen MR) is 59.5 cm³/mol. The van der Waals surface area contributed by atoms with Crippen LogP contribution in [0.4, 0.5) is 23.2 Å². The van der Waals surface area contributed by atoms with Gasteiger partial charge in [0.15, 0.2) is 0 Å². The number of carboxylic acids is 1. The van der Waals surface area contributed by atoms with Gasteiger partial charge in [0.25, 0.3) is 0 Å². The van der Waals surface area contributed by atoms with E-state index in [0.717, 1.165) is 11.0 Å². The van der Waals surface area contributed by atoms with Crippen molar-refractivity contribution in [2.24, 2.45) is 0 Å². The van der Waals surface area contributed by atoms with Crippen LogP contribution in [0.25, 0.3) is 0 Å². The van der Waals surface area contributed by atoms with Crippen molar-refractivity contribution >= 4 is 11.7 Å². The molecule has 0 saturated heterocycles. The summed E-state index contributed by atoms with van der Waals surface area (Å²) in [6, 6.07) is 1.50. The molecule has 0 bridgehead atoms. The number of alkyl halides is 3. The average Bonchev–Trinajstić information content (AvgIpc) is 2.66. The van der Waals surface area contributed by atoms with E-state index in [9.17, 15) is 22.4 Å². The monoisotopic (exact) mass is 277 g/mol. The number of anilines is 1. The summed E-state index contributed by atoms with van der Waals surface area (Å²) in [7, 11) is 0. The summed E-state index contributed by atoms with van der Waals surface area (Å²) in [5, 5.41) is 8.61. The van der Waals surface area contributed by atoms with E-state index in [0.29, 0.717) is 12.0 Å². The van der Waals surface area contributed by atoms with Gasteiger partial charge in [-0.3, -0.25) is 4.79 Å². The van der Waals surface area contributed by atoms with Crippen molar-refractivity contribution in [2.75, 3.05) is 11.4 Å². The van der Waals surface area contributed by atoms with Crippen LogP contribution >= 0.6 is 0 Å². The van der Waals surface area contributed by atoms with Crippen LogP contribution in [0.3, 0.4) is 0 Å². The van der Waals surface area contributed by atoms with Crippen molar-refractivity contribution in [1.29, 1.82) is 0 Å². The highest BCUT2D eigenvalue weighted by molar-refractivity contribution is 5.70. The highest BCUT2D eigenvalue weighted by Crippen LogP contribution is 2.36. The molecule has 1 heterocycles. The molecule has 1 aliphatic heterocycles. The van der Waals surface area contributed by atoms with E-state index in [1.807, 2.05) is 0 Å². The van der Waals surface area contributed by atoms with Gasteiger partial charge in [-0.15, -0.1) is 0 Å². The molecule has 0 aliphatic carbocycles. The fourth-order valence-electron chi connectivity index (χ4n) is 2.27. The highest BCUT2D eigenvalue weighted by Gasteiger charge is 2.46. The van der Waals surface area contributed by atoms with Crippen LogP contribution in [0.5, 0.6) is 0 Å². The van der Waals surface area contributed by atoms with Gasteiger partial charge in [-0.1, -0.05) is 6.07 Å². The van der Waals surface area contributed by atoms with Crippen molar-refractivity contribution in [1.82, 2.24) is 0 Å². The molecule has 1 atom stereocenters. The van der Waals surface area contributed by atoms with Crippen LogP contribution in [-0.4, -0.2) is 29.8 Å². The topological polar surface area (TPSA) is 40.5 Å². The van der Waals surface area contributed by atoms with E-state index in [2.05, 4.69) is 0 Å². The van der Waals surface area contributed by atoms with Crippen molar-refractivity contribution < 1.29 is 27.5 Å². The summed E-state index contributed by atoms with van der Waals surface area (Å²) in [6.07, 6.45) is -5.38. The van der Waals surface area contributed by atoms with Crippen molar-refractivity contribution in [3.8, 4) is 0 Å². The maximum absolute atomic E-state index is 13.1. The van der Waals surface area contributed by atoms with Crippen LogP contribution in [0.1, 0.15) is 12.0 Å². The number of nitrogens with zero attached hydrogens (tertiary/aromatic N) is 1. The third kappa shape index (κ3) is 2.80. The van der Waals surface area contributed by atoms with Gasteiger partial charge < -0.3 is 10.0 Å². The number of hydrogen-bond donors (Lipinski definition) is 1. The van der Waals surface area contributed by atoms with Gasteiger partial charge in [0.2, 0.25) is 0 Å². The second kappa shape index (κ2) is 4.71. The van der Waals surface area contributed by atoms with Crippen molar-refractivity contribution in [3.63, 3.8) is 0 Å². The lowest BCUT2D eigenvalue weighted by Gasteiger charge is -2.30. The number of benzene rings is 1. The summed E-state index contributed by atoms with van der Waals surface area (Å²) in [4.78, 5) is 11.5. The molecular formula is C12H11F4NO2. The molecular weight excluding hydrogens is 266 g/mol. The third-order valence-electron chi connectivity index (χ3n) is 3.10. The zero-order valence-electron chi connectivity index (χ0n) is 9.75. The molecule has 7 heteroatoms. The number of carboxylic acid groups (broad SMARTS) is 1. The maximum Gasteiger partial charge on any atom is 0.409 e. The Labute approximate surface area is 106 Å². The largest absolute Gasteiger partial charge is 0.481 e. The first-order valence-electron chi connectivity index (χ1n) is 5.62. The second-order valence-corrected chi connectivity index (χ2v) is 4.37. The van der Waals surface area contributed by atoms with Gasteiger partial charge in [-0.05, 0) is 24.1 Å². The van der Waals surface area contributed by atoms with Crippen molar-refractivity contribution in [3.05, 3.63) is 29.6 Å². The van der Waals surface area contributed by atoms with Crippen LogP contribution in [0, 0.1) is 5.82 Å². The lowest BCUT2D eigenvalue weighted by Crippen LogP contribution is -2.46. The van der Waals surface area contributed by atoms with E-state index < -0.39 is 30.4 Å². The van der Waals surface area contributed by atoms with Gasteiger partial charge >= 0.3 is 12.1 Å². The quantitative estimate of drug-likeness (QED) is 0.863. The molecule has 1 aromatic rings. The van der Waals surface area contributed by atoms with Crippen LogP contribution < -0.4 is 4.90 Å². The molecule has 0 spiro atoms. The number of fused-ring (bicyclic) bond motifs is 1. The number of halogens is 4. The summed E-state index contributed by atoms with van der Waals surface area (Å²) < 4.78 is 51.9. The number of rotatable bonds is 3. The number of hydrogen-bond acceptors (Lipinski definition) is 2. The minimum atomic E-state index is -4.67. The Morgan fingerprint density at radius 2 is 2.11 bits per heavy atom. The van der Waals surface area contributed by atoms with E-state index >= 15 is 0 Å². The molecule has 0 aromatic heterocycles. The SMILES string of the molecule is O=C(O)CC(N1CCc2ccc(F)cc21)C(F)(F)F. The molecule has 104 valence electrons. The number of carbonyl (C=O) groups is 1. The lowest BCUT2D eigenvalue weighted by atomic mass is 10.1. The Kier molecular flexibility index (Phi) is 3.38. The Balaban J connectivity index is 2.36. The third-order valence-corrected chi connectivity index (χ3v) is 3.10. The minimum absolute atomic E-state index is 0.0379. The van der Waals surface area contributed by atoms with E-state index in [1.165, 1.54) is 12.1 Å². The molecule has 0 radical (unpaired) electrons.